The van der Waals surface area contributed by atoms with Gasteiger partial charge in [-0.05, 0) is 0 Å². The molecule has 0 atom stereocenters. The van der Waals surface area contributed by atoms with E-state index in [1.807, 2.05) is 0 Å². The van der Waals surface area contributed by atoms with E-state index in [2.05, 4.69) is 9.47 Å². The third kappa shape index (κ3) is 2.45. The van der Waals surface area contributed by atoms with Gasteiger partial charge in [-0.2, -0.15) is 0 Å². The van der Waals surface area contributed by atoms with Gasteiger partial charge in [-0.1, -0.05) is 0 Å². The number of ether oxygens (including phenoxy) is 5. The van der Waals surface area contributed by atoms with Gasteiger partial charge in [0.2, 0.25) is 0 Å². The number of hydrogen-bond acceptors (Lipinski definition) is 7. The van der Waals surface area contributed by atoms with Gasteiger partial charge in [0, 0.05) is 0 Å². The van der Waals surface area contributed by atoms with Crippen LogP contribution in [0.15, 0.2) is 0 Å². The number of aliphatic hydroxyl groups is 2. The Morgan fingerprint density at radius 1 is 0.933 bits per heavy atom. The summed E-state index contributed by atoms with van der Waals surface area (Å²) in [4.78, 5) is 0. The van der Waals surface area contributed by atoms with E-state index in [1.165, 1.54) is 0 Å². The molecule has 2 N–H and O–H groups in total. The minimum absolute atomic E-state index is 0.0128. The lowest BCUT2D eigenvalue weighted by molar-refractivity contribution is -0.253. The van der Waals surface area contributed by atoms with E-state index in [9.17, 15) is 0 Å². The zero-order valence-corrected chi connectivity index (χ0v) is 8.18. The van der Waals surface area contributed by atoms with Gasteiger partial charge >= 0.3 is 11.9 Å². The summed E-state index contributed by atoms with van der Waals surface area (Å²) >= 11 is 0. The third-order valence-electron chi connectivity index (χ3n) is 1.98. The lowest BCUT2D eigenvalue weighted by Crippen LogP contribution is -2.14. The Kier molecular flexibility index (Phi) is 3.21. The van der Waals surface area contributed by atoms with E-state index >= 15 is 0 Å². The summed E-state index contributed by atoms with van der Waals surface area (Å²) in [5, 5.41) is 17.4. The Hall–Kier alpha value is -0.280. The first-order valence-electron chi connectivity index (χ1n) is 4.75. The van der Waals surface area contributed by atoms with Gasteiger partial charge in [0.1, 0.15) is 0 Å². The van der Waals surface area contributed by atoms with E-state index in [0.717, 1.165) is 0 Å². The van der Waals surface area contributed by atoms with Crippen LogP contribution < -0.4 is 0 Å². The lowest BCUT2D eigenvalue weighted by atomic mass is 10.7. The quantitative estimate of drug-likeness (QED) is 0.358. The van der Waals surface area contributed by atoms with Crippen molar-refractivity contribution in [3.63, 3.8) is 0 Å². The minimum atomic E-state index is -1.47. The zero-order valence-electron chi connectivity index (χ0n) is 8.18. The molecule has 0 amide bonds. The summed E-state index contributed by atoms with van der Waals surface area (Å²) in [6, 6.07) is 0. The highest BCUT2D eigenvalue weighted by molar-refractivity contribution is 5.02. The molecule has 0 bridgehead atoms. The van der Waals surface area contributed by atoms with Crippen LogP contribution in [0.2, 0.25) is 0 Å². The smallest absolute Gasteiger partial charge is 0.379 e. The normalized spacial score (nSPS) is 36.4. The van der Waals surface area contributed by atoms with Crippen LogP contribution in [-0.2, 0) is 23.7 Å². The SMILES string of the molecule is OCCOCCOCCOC12OC1(O)O2. The number of fused-ring (bicyclic) bond motifs is 1. The fraction of sp³-hybridized carbons (Fsp3) is 1.00. The fourth-order valence-electron chi connectivity index (χ4n) is 1.09. The molecule has 2 heterocycles. The summed E-state index contributed by atoms with van der Waals surface area (Å²) in [6.07, 6.45) is 0. The van der Waals surface area contributed by atoms with Crippen LogP contribution in [0.4, 0.5) is 0 Å². The van der Waals surface area contributed by atoms with E-state index in [-0.39, 0.29) is 13.2 Å². The van der Waals surface area contributed by atoms with Gasteiger partial charge in [-0.3, -0.25) is 9.47 Å². The standard InChI is InChI=1S/C8H14O7/c9-1-2-11-3-4-12-5-6-13-8-7(10,14-8)15-8/h9-10H,1-6H2. The lowest BCUT2D eigenvalue weighted by Gasteiger charge is -2.05. The Morgan fingerprint density at radius 2 is 1.47 bits per heavy atom. The summed E-state index contributed by atoms with van der Waals surface area (Å²) in [5.41, 5.74) is 0. The molecule has 2 fully saturated rings. The van der Waals surface area contributed by atoms with E-state index in [4.69, 9.17) is 24.4 Å². The summed E-state index contributed by atoms with van der Waals surface area (Å²) in [6.45, 7) is 1.84. The van der Waals surface area contributed by atoms with Gasteiger partial charge in [0.25, 0.3) is 0 Å². The number of aliphatic hydroxyl groups excluding tert-OH is 1. The summed E-state index contributed by atoms with van der Waals surface area (Å²) < 4.78 is 24.4. The molecule has 2 aliphatic heterocycles. The summed E-state index contributed by atoms with van der Waals surface area (Å²) in [7, 11) is 0. The second-order valence-electron chi connectivity index (χ2n) is 3.14. The molecule has 0 aromatic rings. The minimum Gasteiger partial charge on any atom is -0.394 e. The Morgan fingerprint density at radius 3 is 2.00 bits per heavy atom. The van der Waals surface area contributed by atoms with Crippen molar-refractivity contribution in [3.05, 3.63) is 0 Å². The molecule has 0 aromatic carbocycles. The van der Waals surface area contributed by atoms with Crippen LogP contribution in [0.1, 0.15) is 0 Å². The Labute approximate surface area is 86.4 Å². The zero-order chi connectivity index (χ0) is 10.8. The van der Waals surface area contributed by atoms with Gasteiger partial charge in [0.05, 0.1) is 39.6 Å². The van der Waals surface area contributed by atoms with E-state index in [0.29, 0.717) is 26.4 Å². The van der Waals surface area contributed by atoms with Crippen molar-refractivity contribution in [3.8, 4) is 0 Å². The second kappa shape index (κ2) is 4.30. The van der Waals surface area contributed by atoms with Gasteiger partial charge < -0.3 is 24.4 Å². The molecule has 88 valence electrons. The van der Waals surface area contributed by atoms with Crippen molar-refractivity contribution >= 4 is 0 Å². The molecule has 2 aliphatic rings. The molecule has 0 saturated carbocycles. The molecule has 0 aliphatic carbocycles. The van der Waals surface area contributed by atoms with E-state index in [1.54, 1.807) is 0 Å². The van der Waals surface area contributed by atoms with Crippen LogP contribution in [0.25, 0.3) is 0 Å². The largest absolute Gasteiger partial charge is 0.394 e. The molecular formula is C8H14O7. The highest BCUT2D eigenvalue weighted by Crippen LogP contribution is 2.65. The summed E-state index contributed by atoms with van der Waals surface area (Å²) in [5.74, 6) is -2.67. The molecule has 0 radical (unpaired) electrons. The maximum Gasteiger partial charge on any atom is 0.379 e. The first kappa shape index (κ1) is 11.2. The van der Waals surface area contributed by atoms with Crippen molar-refractivity contribution in [2.24, 2.45) is 0 Å². The van der Waals surface area contributed by atoms with Crippen LogP contribution in [0.5, 0.6) is 0 Å². The van der Waals surface area contributed by atoms with Crippen LogP contribution >= 0.6 is 0 Å². The average molecular weight is 222 g/mol. The van der Waals surface area contributed by atoms with Crippen LogP contribution in [0, 0.1) is 0 Å². The van der Waals surface area contributed by atoms with Crippen molar-refractivity contribution in [1.82, 2.24) is 0 Å². The van der Waals surface area contributed by atoms with Crippen molar-refractivity contribution in [1.29, 1.82) is 0 Å². The molecular weight excluding hydrogens is 208 g/mol. The third-order valence-corrected chi connectivity index (χ3v) is 1.98. The van der Waals surface area contributed by atoms with Gasteiger partial charge in [-0.15, -0.1) is 0 Å². The van der Waals surface area contributed by atoms with Crippen molar-refractivity contribution in [2.75, 3.05) is 39.6 Å². The van der Waals surface area contributed by atoms with E-state index < -0.39 is 11.9 Å². The Balaban J connectivity index is 1.34. The van der Waals surface area contributed by atoms with Crippen molar-refractivity contribution in [2.45, 2.75) is 11.9 Å². The van der Waals surface area contributed by atoms with Gasteiger partial charge in [0.15, 0.2) is 0 Å². The monoisotopic (exact) mass is 222 g/mol. The van der Waals surface area contributed by atoms with Crippen molar-refractivity contribution < 1.29 is 33.9 Å². The molecule has 0 aromatic heterocycles. The molecule has 2 saturated heterocycles. The molecule has 2 rings (SSSR count). The second-order valence-corrected chi connectivity index (χ2v) is 3.14. The topological polar surface area (TPSA) is 93.2 Å². The highest BCUT2D eigenvalue weighted by Gasteiger charge is 2.95. The predicted octanol–water partition coefficient (Wildman–Crippen LogP) is -1.61. The molecule has 15 heavy (non-hydrogen) atoms. The molecule has 0 unspecified atom stereocenters. The molecule has 0 spiro atoms. The number of rotatable bonds is 9. The maximum atomic E-state index is 9.00. The number of hydrogen-bond donors (Lipinski definition) is 2. The maximum absolute atomic E-state index is 9.00. The Bertz CT molecular complexity index is 213. The highest BCUT2D eigenvalue weighted by atomic mass is 17.2. The average Bonchev–Trinajstić information content (AvgIpc) is 2.94. The van der Waals surface area contributed by atoms with Gasteiger partial charge in [-0.25, -0.2) is 0 Å². The fourth-order valence-corrected chi connectivity index (χ4v) is 1.09. The molecule has 7 heteroatoms. The molecule has 7 nitrogen and oxygen atoms in total. The van der Waals surface area contributed by atoms with Crippen LogP contribution in [-0.4, -0.2) is 61.8 Å². The predicted molar refractivity (Wildman–Crippen MR) is 44.5 cm³/mol. The van der Waals surface area contributed by atoms with Crippen LogP contribution in [0.3, 0.4) is 0 Å². The first-order chi connectivity index (χ1) is 7.22. The number of epoxide rings is 2. The first-order valence-corrected chi connectivity index (χ1v) is 4.75.